The van der Waals surface area contributed by atoms with Crippen molar-refractivity contribution in [3.63, 3.8) is 0 Å². The van der Waals surface area contributed by atoms with Crippen LogP contribution in [0.3, 0.4) is 0 Å². The molecule has 0 saturated heterocycles. The Labute approximate surface area is 233 Å². The van der Waals surface area contributed by atoms with Crippen LogP contribution in [0.15, 0.2) is 84.9 Å². The minimum atomic E-state index is -5.08. The highest BCUT2D eigenvalue weighted by molar-refractivity contribution is 7.47. The van der Waals surface area contributed by atoms with Crippen LogP contribution in [0.5, 0.6) is 17.2 Å². The summed E-state index contributed by atoms with van der Waals surface area (Å²) in [7, 11) is -10.1. The molecule has 2 amide bonds. The molecule has 15 heteroatoms. The summed E-state index contributed by atoms with van der Waals surface area (Å²) in [6.45, 7) is -0.476. The van der Waals surface area contributed by atoms with Crippen LogP contribution in [0.2, 0.25) is 0 Å². The van der Waals surface area contributed by atoms with Crippen LogP contribution in [0, 0.1) is 0 Å². The number of hydrogen-bond acceptors (Lipinski definition) is 7. The van der Waals surface area contributed by atoms with Gasteiger partial charge in [0.1, 0.15) is 5.75 Å². The van der Waals surface area contributed by atoms with E-state index in [0.29, 0.717) is 17.0 Å². The highest BCUT2D eigenvalue weighted by atomic mass is 31.2. The van der Waals surface area contributed by atoms with Crippen LogP contribution in [-0.2, 0) is 20.5 Å². The molecule has 13 nitrogen and oxygen atoms in total. The maximum absolute atomic E-state index is 12.6. The normalized spacial score (nSPS) is 11.5. The first-order valence-electron chi connectivity index (χ1n) is 11.8. The number of amides is 2. The van der Waals surface area contributed by atoms with E-state index in [9.17, 15) is 18.7 Å². The predicted molar refractivity (Wildman–Crippen MR) is 147 cm³/mol. The van der Waals surface area contributed by atoms with Gasteiger partial charge in [-0.05, 0) is 64.9 Å². The van der Waals surface area contributed by atoms with Crippen molar-refractivity contribution in [1.82, 2.24) is 5.32 Å². The fourth-order valence-electron chi connectivity index (χ4n) is 3.65. The number of hydrogen-bond donors (Lipinski definition) is 6. The Morgan fingerprint density at radius 3 is 2.10 bits per heavy atom. The zero-order valence-corrected chi connectivity index (χ0v) is 22.8. The second-order valence-electron chi connectivity index (χ2n) is 8.55. The van der Waals surface area contributed by atoms with Crippen LogP contribution in [0.25, 0.3) is 10.8 Å². The van der Waals surface area contributed by atoms with Crippen molar-refractivity contribution in [2.24, 2.45) is 0 Å². The molecule has 4 aromatic carbocycles. The van der Waals surface area contributed by atoms with Crippen molar-refractivity contribution in [2.75, 3.05) is 11.9 Å². The van der Waals surface area contributed by atoms with Gasteiger partial charge in [0.25, 0.3) is 11.8 Å². The van der Waals surface area contributed by atoms with E-state index in [2.05, 4.69) is 19.7 Å². The van der Waals surface area contributed by atoms with Gasteiger partial charge in [-0.25, -0.2) is 9.13 Å². The van der Waals surface area contributed by atoms with Gasteiger partial charge in [-0.15, -0.1) is 0 Å². The van der Waals surface area contributed by atoms with Crippen LogP contribution >= 0.6 is 15.6 Å². The van der Waals surface area contributed by atoms with Crippen molar-refractivity contribution in [1.29, 1.82) is 0 Å². The average molecular weight is 602 g/mol. The largest absolute Gasteiger partial charge is 0.524 e. The second-order valence-corrected chi connectivity index (χ2v) is 10.9. The second kappa shape index (κ2) is 12.5. The number of benzene rings is 4. The lowest BCUT2D eigenvalue weighted by Gasteiger charge is -2.15. The minimum Gasteiger partial charge on any atom is -0.484 e. The summed E-state index contributed by atoms with van der Waals surface area (Å²) in [5.41, 5.74) is 1.45. The van der Waals surface area contributed by atoms with Gasteiger partial charge >= 0.3 is 15.6 Å². The number of ether oxygens (including phenoxy) is 1. The zero-order chi connectivity index (χ0) is 29.6. The molecule has 0 radical (unpaired) electrons. The molecule has 0 aliphatic heterocycles. The molecule has 0 spiro atoms. The van der Waals surface area contributed by atoms with Crippen molar-refractivity contribution < 1.29 is 52.1 Å². The summed E-state index contributed by atoms with van der Waals surface area (Å²) in [5.74, 6) is -1.59. The number of rotatable bonds is 11. The Balaban J connectivity index is 1.34. The molecule has 0 fully saturated rings. The minimum absolute atomic E-state index is 0.124. The standard InChI is InChI=1S/C26H24N2O11P2/c29-25(27-15-17-6-11-23(38-40(31,32)33)24(12-17)39-41(34,35)36)16-37-22-10-9-18-13-20(8-7-19(18)14-22)26(30)28-21-4-2-1-3-5-21/h1-14H,15-16H2,(H,27,29)(H,28,30)(H2,31,32,33)(H2,34,35,36). The van der Waals surface area contributed by atoms with E-state index in [4.69, 9.17) is 24.3 Å². The van der Waals surface area contributed by atoms with Crippen LogP contribution in [0.1, 0.15) is 15.9 Å². The van der Waals surface area contributed by atoms with Crippen molar-refractivity contribution in [3.8, 4) is 17.2 Å². The molecule has 0 aromatic heterocycles. The first kappa shape index (κ1) is 29.8. The van der Waals surface area contributed by atoms with Crippen LogP contribution in [0.4, 0.5) is 5.69 Å². The first-order chi connectivity index (χ1) is 19.3. The fraction of sp³-hybridized carbons (Fsp3) is 0.0769. The van der Waals surface area contributed by atoms with Crippen LogP contribution < -0.4 is 24.4 Å². The topological polar surface area (TPSA) is 201 Å². The number of carbonyl (C=O) groups excluding carboxylic acids is 2. The predicted octanol–water partition coefficient (Wildman–Crippen LogP) is 3.73. The van der Waals surface area contributed by atoms with E-state index < -0.39 is 33.1 Å². The third-order valence-electron chi connectivity index (χ3n) is 5.41. The molecule has 0 saturated carbocycles. The first-order valence-corrected chi connectivity index (χ1v) is 14.8. The number of para-hydroxylation sites is 1. The molecule has 0 aliphatic carbocycles. The lowest BCUT2D eigenvalue weighted by molar-refractivity contribution is -0.123. The highest BCUT2D eigenvalue weighted by Crippen LogP contribution is 2.47. The van der Waals surface area contributed by atoms with Crippen molar-refractivity contribution in [2.45, 2.75) is 6.54 Å². The SMILES string of the molecule is O=C(COc1ccc2cc(C(=O)Nc3ccccc3)ccc2c1)NCc1ccc(OP(=O)(O)O)c(OP(=O)(O)O)c1. The number of nitrogens with one attached hydrogen (secondary N) is 2. The zero-order valence-electron chi connectivity index (χ0n) is 21.0. The molecule has 0 unspecified atom stereocenters. The van der Waals surface area contributed by atoms with Gasteiger partial charge in [0.2, 0.25) is 0 Å². The van der Waals surface area contributed by atoms with Gasteiger partial charge in [0.15, 0.2) is 18.1 Å². The molecule has 0 atom stereocenters. The molecule has 4 aromatic rings. The third-order valence-corrected chi connectivity index (χ3v) is 6.28. The molecule has 4 rings (SSSR count). The van der Waals surface area contributed by atoms with E-state index in [1.54, 1.807) is 48.5 Å². The van der Waals surface area contributed by atoms with E-state index in [1.165, 1.54) is 6.07 Å². The van der Waals surface area contributed by atoms with Gasteiger partial charge in [0.05, 0.1) is 0 Å². The van der Waals surface area contributed by atoms with Gasteiger partial charge < -0.3 is 24.4 Å². The van der Waals surface area contributed by atoms with Crippen molar-refractivity contribution in [3.05, 3.63) is 96.1 Å². The Kier molecular flexibility index (Phi) is 9.09. The van der Waals surface area contributed by atoms with E-state index in [-0.39, 0.29) is 24.6 Å². The smallest absolute Gasteiger partial charge is 0.484 e. The monoisotopic (exact) mass is 602 g/mol. The summed E-state index contributed by atoms with van der Waals surface area (Å²) in [6.07, 6.45) is 0. The van der Waals surface area contributed by atoms with E-state index in [0.717, 1.165) is 22.9 Å². The van der Waals surface area contributed by atoms with E-state index in [1.807, 2.05) is 18.2 Å². The summed E-state index contributed by atoms with van der Waals surface area (Å²) < 4.78 is 36.8. The lowest BCUT2D eigenvalue weighted by atomic mass is 10.1. The molecule has 0 heterocycles. The number of carbonyl (C=O) groups is 2. The summed E-state index contributed by atoms with van der Waals surface area (Å²) in [6, 6.07) is 22.8. The Morgan fingerprint density at radius 1 is 0.732 bits per heavy atom. The number of anilines is 1. The summed E-state index contributed by atoms with van der Waals surface area (Å²) >= 11 is 0. The average Bonchev–Trinajstić information content (AvgIpc) is 2.90. The Morgan fingerprint density at radius 2 is 1.39 bits per heavy atom. The number of phosphoric acid groups is 2. The van der Waals surface area contributed by atoms with Gasteiger partial charge in [-0.1, -0.05) is 36.4 Å². The quantitative estimate of drug-likeness (QED) is 0.137. The Hall–Kier alpha value is -4.22. The molecular weight excluding hydrogens is 578 g/mol. The lowest BCUT2D eigenvalue weighted by Crippen LogP contribution is -2.28. The molecule has 6 N–H and O–H groups in total. The Bertz CT molecular complexity index is 1670. The third kappa shape index (κ3) is 9.16. The van der Waals surface area contributed by atoms with Gasteiger partial charge in [-0.3, -0.25) is 29.2 Å². The molecule has 214 valence electrons. The highest BCUT2D eigenvalue weighted by Gasteiger charge is 2.24. The molecular formula is C26H24N2O11P2. The molecule has 0 aliphatic rings. The number of phosphoric ester groups is 2. The molecule has 41 heavy (non-hydrogen) atoms. The number of fused-ring (bicyclic) bond motifs is 1. The molecule has 0 bridgehead atoms. The van der Waals surface area contributed by atoms with Gasteiger partial charge in [0, 0.05) is 17.8 Å². The summed E-state index contributed by atoms with van der Waals surface area (Å²) in [4.78, 5) is 61.0. The van der Waals surface area contributed by atoms with Crippen LogP contribution in [-0.4, -0.2) is 38.0 Å². The summed E-state index contributed by atoms with van der Waals surface area (Å²) in [5, 5.41) is 6.96. The maximum atomic E-state index is 12.6. The fourth-order valence-corrected chi connectivity index (χ4v) is 4.45. The maximum Gasteiger partial charge on any atom is 0.524 e. The van der Waals surface area contributed by atoms with Gasteiger partial charge in [-0.2, -0.15) is 0 Å². The van der Waals surface area contributed by atoms with Crippen molar-refractivity contribution >= 4 is 43.9 Å². The van der Waals surface area contributed by atoms with E-state index >= 15 is 0 Å².